The number of ether oxygens (including phenoxy) is 1. The Bertz CT molecular complexity index is 588. The van der Waals surface area contributed by atoms with Crippen LogP contribution in [-0.2, 0) is 0 Å². The van der Waals surface area contributed by atoms with Gasteiger partial charge in [0.15, 0.2) is 0 Å². The second-order valence-corrected chi connectivity index (χ2v) is 4.09. The number of carbonyl (C=O) groups is 1. The number of rotatable bonds is 3. The molecule has 0 radical (unpaired) electrons. The summed E-state index contributed by atoms with van der Waals surface area (Å²) in [7, 11) is 1.59. The van der Waals surface area contributed by atoms with Gasteiger partial charge in [0.1, 0.15) is 5.75 Å². The van der Waals surface area contributed by atoms with Crippen molar-refractivity contribution < 1.29 is 14.6 Å². The van der Waals surface area contributed by atoms with Crippen LogP contribution in [0.25, 0.3) is 11.1 Å². The van der Waals surface area contributed by atoms with Crippen LogP contribution in [0.3, 0.4) is 0 Å². The third kappa shape index (κ3) is 2.35. The summed E-state index contributed by atoms with van der Waals surface area (Å²) >= 11 is 0. The molecule has 1 N–H and O–H groups in total. The maximum atomic E-state index is 11.3. The minimum absolute atomic E-state index is 0.309. The first-order chi connectivity index (χ1) is 8.61. The van der Waals surface area contributed by atoms with Gasteiger partial charge in [-0.3, -0.25) is 0 Å². The van der Waals surface area contributed by atoms with E-state index in [1.165, 1.54) is 0 Å². The van der Waals surface area contributed by atoms with Crippen molar-refractivity contribution in [2.75, 3.05) is 7.11 Å². The number of methoxy groups -OCH3 is 1. The molecule has 0 saturated heterocycles. The Hall–Kier alpha value is -2.29. The molecule has 0 fully saturated rings. The third-order valence-corrected chi connectivity index (χ3v) is 2.79. The molecule has 2 rings (SSSR count). The minimum atomic E-state index is -0.920. The molecular weight excluding hydrogens is 228 g/mol. The zero-order chi connectivity index (χ0) is 13.1. The maximum Gasteiger partial charge on any atom is 0.336 e. The minimum Gasteiger partial charge on any atom is -0.497 e. The lowest BCUT2D eigenvalue weighted by atomic mass is 9.98. The topological polar surface area (TPSA) is 46.5 Å². The first kappa shape index (κ1) is 12.2. The second-order valence-electron chi connectivity index (χ2n) is 4.09. The number of carboxylic acids is 1. The molecule has 3 heteroatoms. The van der Waals surface area contributed by atoms with E-state index in [4.69, 9.17) is 4.74 Å². The summed E-state index contributed by atoms with van der Waals surface area (Å²) in [5, 5.41) is 9.25. The summed E-state index contributed by atoms with van der Waals surface area (Å²) in [6.45, 7) is 1.88. The highest BCUT2D eigenvalue weighted by Crippen LogP contribution is 2.27. The summed E-state index contributed by atoms with van der Waals surface area (Å²) in [6, 6.07) is 12.8. The predicted octanol–water partition coefficient (Wildman–Crippen LogP) is 3.37. The van der Waals surface area contributed by atoms with Crippen molar-refractivity contribution in [2.24, 2.45) is 0 Å². The molecule has 92 valence electrons. The Morgan fingerprint density at radius 3 is 2.61 bits per heavy atom. The van der Waals surface area contributed by atoms with Crippen molar-refractivity contribution in [3.8, 4) is 16.9 Å². The fourth-order valence-electron chi connectivity index (χ4n) is 1.88. The molecule has 18 heavy (non-hydrogen) atoms. The van der Waals surface area contributed by atoms with Gasteiger partial charge in [-0.1, -0.05) is 29.8 Å². The van der Waals surface area contributed by atoms with E-state index in [9.17, 15) is 9.90 Å². The number of aryl methyl sites for hydroxylation is 1. The Morgan fingerprint density at radius 1 is 1.17 bits per heavy atom. The molecule has 0 aromatic heterocycles. The lowest BCUT2D eigenvalue weighted by molar-refractivity contribution is 0.0697. The molecule has 0 amide bonds. The fraction of sp³-hybridized carbons (Fsp3) is 0.133. The van der Waals surface area contributed by atoms with Gasteiger partial charge in [0, 0.05) is 0 Å². The Balaban J connectivity index is 2.59. The monoisotopic (exact) mass is 242 g/mol. The van der Waals surface area contributed by atoms with E-state index in [0.717, 1.165) is 11.1 Å². The maximum absolute atomic E-state index is 11.3. The highest BCUT2D eigenvalue weighted by Gasteiger charge is 2.12. The Morgan fingerprint density at radius 2 is 1.94 bits per heavy atom. The first-order valence-electron chi connectivity index (χ1n) is 5.60. The van der Waals surface area contributed by atoms with E-state index in [-0.39, 0.29) is 0 Å². The molecule has 0 heterocycles. The van der Waals surface area contributed by atoms with Gasteiger partial charge in [0.2, 0.25) is 0 Å². The van der Waals surface area contributed by atoms with Crippen molar-refractivity contribution in [3.05, 3.63) is 53.6 Å². The molecule has 0 atom stereocenters. The quantitative estimate of drug-likeness (QED) is 0.897. The van der Waals surface area contributed by atoms with Gasteiger partial charge in [-0.2, -0.15) is 0 Å². The van der Waals surface area contributed by atoms with E-state index in [1.54, 1.807) is 13.2 Å². The molecule has 3 nitrogen and oxygen atoms in total. The molecule has 0 saturated carbocycles. The van der Waals surface area contributed by atoms with Crippen LogP contribution in [0.1, 0.15) is 15.9 Å². The normalized spacial score (nSPS) is 10.1. The number of benzene rings is 2. The average molecular weight is 242 g/mol. The van der Waals surface area contributed by atoms with E-state index >= 15 is 0 Å². The van der Waals surface area contributed by atoms with Crippen LogP contribution >= 0.6 is 0 Å². The van der Waals surface area contributed by atoms with Crippen molar-refractivity contribution in [1.29, 1.82) is 0 Å². The summed E-state index contributed by atoms with van der Waals surface area (Å²) in [5.74, 6) is -0.207. The lowest BCUT2D eigenvalue weighted by Crippen LogP contribution is -2.00. The van der Waals surface area contributed by atoms with Crippen molar-refractivity contribution >= 4 is 5.97 Å². The standard InChI is InChI=1S/C15H14O3/c1-10-6-7-13(14(8-10)15(16)17)11-4-3-5-12(9-11)18-2/h3-9H,1-2H3,(H,16,17). The molecule has 0 aliphatic rings. The summed E-state index contributed by atoms with van der Waals surface area (Å²) in [4.78, 5) is 11.3. The highest BCUT2D eigenvalue weighted by molar-refractivity contribution is 5.96. The lowest BCUT2D eigenvalue weighted by Gasteiger charge is -2.09. The first-order valence-corrected chi connectivity index (χ1v) is 5.60. The molecular formula is C15H14O3. The van der Waals surface area contributed by atoms with Gasteiger partial charge in [0.25, 0.3) is 0 Å². The van der Waals surface area contributed by atoms with E-state index in [2.05, 4.69) is 0 Å². The van der Waals surface area contributed by atoms with Crippen LogP contribution in [0.4, 0.5) is 0 Å². The summed E-state index contributed by atoms with van der Waals surface area (Å²) in [6.07, 6.45) is 0. The predicted molar refractivity (Wildman–Crippen MR) is 70.1 cm³/mol. The van der Waals surface area contributed by atoms with Crippen LogP contribution in [-0.4, -0.2) is 18.2 Å². The van der Waals surface area contributed by atoms with E-state index in [1.807, 2.05) is 43.3 Å². The van der Waals surface area contributed by atoms with Gasteiger partial charge < -0.3 is 9.84 Å². The van der Waals surface area contributed by atoms with Crippen LogP contribution in [0.5, 0.6) is 5.75 Å². The molecule has 0 aliphatic heterocycles. The Labute approximate surface area is 106 Å². The number of aromatic carboxylic acids is 1. The SMILES string of the molecule is COc1cccc(-c2ccc(C)cc2C(=O)O)c1. The molecule has 2 aromatic carbocycles. The number of hydrogen-bond acceptors (Lipinski definition) is 2. The fourth-order valence-corrected chi connectivity index (χ4v) is 1.88. The summed E-state index contributed by atoms with van der Waals surface area (Å²) in [5.41, 5.74) is 2.78. The van der Waals surface area contributed by atoms with Crippen LogP contribution in [0.15, 0.2) is 42.5 Å². The zero-order valence-corrected chi connectivity index (χ0v) is 10.3. The van der Waals surface area contributed by atoms with E-state index in [0.29, 0.717) is 16.9 Å². The van der Waals surface area contributed by atoms with Gasteiger partial charge in [-0.25, -0.2) is 4.79 Å². The van der Waals surface area contributed by atoms with Crippen molar-refractivity contribution in [3.63, 3.8) is 0 Å². The van der Waals surface area contributed by atoms with Gasteiger partial charge in [-0.15, -0.1) is 0 Å². The summed E-state index contributed by atoms with van der Waals surface area (Å²) < 4.78 is 5.15. The van der Waals surface area contributed by atoms with Crippen LogP contribution < -0.4 is 4.74 Å². The molecule has 0 bridgehead atoms. The molecule has 0 spiro atoms. The average Bonchev–Trinajstić information content (AvgIpc) is 2.38. The number of hydrogen-bond donors (Lipinski definition) is 1. The van der Waals surface area contributed by atoms with E-state index < -0.39 is 5.97 Å². The molecule has 2 aromatic rings. The van der Waals surface area contributed by atoms with Crippen LogP contribution in [0.2, 0.25) is 0 Å². The largest absolute Gasteiger partial charge is 0.497 e. The van der Waals surface area contributed by atoms with Gasteiger partial charge in [0.05, 0.1) is 12.7 Å². The van der Waals surface area contributed by atoms with Gasteiger partial charge in [-0.05, 0) is 36.2 Å². The van der Waals surface area contributed by atoms with Gasteiger partial charge >= 0.3 is 5.97 Å². The smallest absolute Gasteiger partial charge is 0.336 e. The number of carboxylic acid groups (broad SMARTS) is 1. The van der Waals surface area contributed by atoms with Crippen molar-refractivity contribution in [2.45, 2.75) is 6.92 Å². The third-order valence-electron chi connectivity index (χ3n) is 2.79. The molecule has 0 aliphatic carbocycles. The zero-order valence-electron chi connectivity index (χ0n) is 10.3. The van der Waals surface area contributed by atoms with Crippen molar-refractivity contribution in [1.82, 2.24) is 0 Å². The molecule has 0 unspecified atom stereocenters. The van der Waals surface area contributed by atoms with Crippen LogP contribution in [0, 0.1) is 6.92 Å². The second kappa shape index (κ2) is 4.92. The Kier molecular flexibility index (Phi) is 3.33. The highest BCUT2D eigenvalue weighted by atomic mass is 16.5.